The van der Waals surface area contributed by atoms with Crippen LogP contribution in [-0.2, 0) is 0 Å². The van der Waals surface area contributed by atoms with Crippen molar-refractivity contribution in [1.29, 1.82) is 0 Å². The molecule has 2 atom stereocenters. The number of nitrogens with zero attached hydrogens (tertiary/aromatic N) is 1. The molecule has 1 heteroatoms. The van der Waals surface area contributed by atoms with E-state index >= 15 is 0 Å². The second kappa shape index (κ2) is 5.11. The van der Waals surface area contributed by atoms with Gasteiger partial charge in [0.2, 0.25) is 0 Å². The van der Waals surface area contributed by atoms with E-state index in [9.17, 15) is 0 Å². The molecule has 0 saturated heterocycles. The summed E-state index contributed by atoms with van der Waals surface area (Å²) < 4.78 is 0. The van der Waals surface area contributed by atoms with Crippen LogP contribution in [-0.4, -0.2) is 19.0 Å². The van der Waals surface area contributed by atoms with Gasteiger partial charge in [-0.05, 0) is 23.2 Å². The van der Waals surface area contributed by atoms with Gasteiger partial charge in [0, 0.05) is 25.7 Å². The van der Waals surface area contributed by atoms with Crippen LogP contribution in [0.1, 0.15) is 47.5 Å². The van der Waals surface area contributed by atoms with E-state index in [2.05, 4.69) is 72.3 Å². The van der Waals surface area contributed by atoms with Crippen molar-refractivity contribution in [2.45, 2.75) is 47.5 Å². The van der Waals surface area contributed by atoms with Gasteiger partial charge in [-0.2, -0.15) is 0 Å². The standard InChI is InChI=1S/C17H31N/c1-9-10-14-15(13(2)18(7)8)17(5,6)12-11-16(14,3)4/h11-12,14-15H,2,9-10H2,1,3-8H3. The fourth-order valence-electron chi connectivity index (χ4n) is 3.39. The number of hydrogen-bond acceptors (Lipinski definition) is 1. The zero-order valence-electron chi connectivity index (χ0n) is 13.4. The summed E-state index contributed by atoms with van der Waals surface area (Å²) in [5.74, 6) is 1.21. The summed E-state index contributed by atoms with van der Waals surface area (Å²) in [6.45, 7) is 16.1. The van der Waals surface area contributed by atoms with Gasteiger partial charge < -0.3 is 4.90 Å². The molecule has 0 aliphatic heterocycles. The molecule has 0 bridgehead atoms. The van der Waals surface area contributed by atoms with Crippen molar-refractivity contribution in [3.05, 3.63) is 24.4 Å². The maximum Gasteiger partial charge on any atom is 0.0104 e. The summed E-state index contributed by atoms with van der Waals surface area (Å²) in [6, 6.07) is 0. The van der Waals surface area contributed by atoms with Crippen LogP contribution in [0, 0.1) is 22.7 Å². The minimum Gasteiger partial charge on any atom is -0.381 e. The Morgan fingerprint density at radius 3 is 2.06 bits per heavy atom. The van der Waals surface area contributed by atoms with Crippen LogP contribution in [0.4, 0.5) is 0 Å². The largest absolute Gasteiger partial charge is 0.381 e. The van der Waals surface area contributed by atoms with Gasteiger partial charge in [0.1, 0.15) is 0 Å². The smallest absolute Gasteiger partial charge is 0.0104 e. The van der Waals surface area contributed by atoms with Gasteiger partial charge >= 0.3 is 0 Å². The van der Waals surface area contributed by atoms with Crippen LogP contribution in [0.25, 0.3) is 0 Å². The van der Waals surface area contributed by atoms with Crippen LogP contribution in [0.2, 0.25) is 0 Å². The van der Waals surface area contributed by atoms with Gasteiger partial charge in [-0.15, -0.1) is 0 Å². The fraction of sp³-hybridized carbons (Fsp3) is 0.765. The lowest BCUT2D eigenvalue weighted by atomic mass is 9.56. The van der Waals surface area contributed by atoms with Crippen LogP contribution in [0.15, 0.2) is 24.4 Å². The number of hydrogen-bond donors (Lipinski definition) is 0. The molecule has 1 aliphatic rings. The highest BCUT2D eigenvalue weighted by atomic mass is 15.1. The Morgan fingerprint density at radius 2 is 1.61 bits per heavy atom. The first kappa shape index (κ1) is 15.3. The van der Waals surface area contributed by atoms with Crippen molar-refractivity contribution >= 4 is 0 Å². The molecular weight excluding hydrogens is 218 g/mol. The quantitative estimate of drug-likeness (QED) is 0.652. The van der Waals surface area contributed by atoms with Gasteiger partial charge in [0.15, 0.2) is 0 Å². The van der Waals surface area contributed by atoms with Crippen molar-refractivity contribution in [3.8, 4) is 0 Å². The fourth-order valence-corrected chi connectivity index (χ4v) is 3.39. The molecule has 0 amide bonds. The number of rotatable bonds is 4. The maximum atomic E-state index is 4.36. The predicted molar refractivity (Wildman–Crippen MR) is 81.4 cm³/mol. The third kappa shape index (κ3) is 2.81. The Hall–Kier alpha value is -0.720. The van der Waals surface area contributed by atoms with Crippen molar-refractivity contribution in [2.24, 2.45) is 22.7 Å². The van der Waals surface area contributed by atoms with Crippen molar-refractivity contribution < 1.29 is 0 Å². The second-order valence-corrected chi connectivity index (χ2v) is 7.23. The lowest BCUT2D eigenvalue weighted by Gasteiger charge is -2.50. The molecule has 1 nitrogen and oxygen atoms in total. The third-order valence-corrected chi connectivity index (χ3v) is 4.64. The molecule has 0 saturated carbocycles. The monoisotopic (exact) mass is 249 g/mol. The summed E-state index contributed by atoms with van der Waals surface area (Å²) in [6.07, 6.45) is 7.35. The number of allylic oxidation sites excluding steroid dienone is 3. The molecule has 2 unspecified atom stereocenters. The SMILES string of the molecule is C=C(C1C(CCC)C(C)(C)C=CC1(C)C)N(C)C. The summed E-state index contributed by atoms with van der Waals surface area (Å²) in [5.41, 5.74) is 1.75. The molecule has 1 aliphatic carbocycles. The van der Waals surface area contributed by atoms with Gasteiger partial charge in [-0.25, -0.2) is 0 Å². The summed E-state index contributed by atoms with van der Waals surface area (Å²) in [4.78, 5) is 2.20. The van der Waals surface area contributed by atoms with E-state index in [0.717, 1.165) is 0 Å². The van der Waals surface area contributed by atoms with Crippen molar-refractivity contribution in [1.82, 2.24) is 4.90 Å². The Balaban J connectivity index is 3.21. The minimum atomic E-state index is 0.205. The first-order valence-electron chi connectivity index (χ1n) is 7.20. The molecule has 0 spiro atoms. The van der Waals surface area contributed by atoms with E-state index < -0.39 is 0 Å². The van der Waals surface area contributed by atoms with E-state index in [-0.39, 0.29) is 10.8 Å². The van der Waals surface area contributed by atoms with E-state index in [1.807, 2.05) is 0 Å². The lowest BCUT2D eigenvalue weighted by Crippen LogP contribution is -2.44. The van der Waals surface area contributed by atoms with E-state index in [1.54, 1.807) is 0 Å². The molecular formula is C17H31N. The third-order valence-electron chi connectivity index (χ3n) is 4.64. The normalized spacial score (nSPS) is 29.1. The van der Waals surface area contributed by atoms with E-state index in [0.29, 0.717) is 11.8 Å². The Morgan fingerprint density at radius 1 is 1.11 bits per heavy atom. The van der Waals surface area contributed by atoms with Gasteiger partial charge in [-0.3, -0.25) is 0 Å². The molecule has 0 heterocycles. The molecule has 0 aromatic heterocycles. The Kier molecular flexibility index (Phi) is 4.35. The molecule has 0 radical (unpaired) electrons. The lowest BCUT2D eigenvalue weighted by molar-refractivity contribution is 0.0868. The van der Waals surface area contributed by atoms with Gasteiger partial charge in [0.05, 0.1) is 0 Å². The Labute approximate surface area is 114 Å². The topological polar surface area (TPSA) is 3.24 Å². The molecule has 18 heavy (non-hydrogen) atoms. The highest BCUT2D eigenvalue weighted by molar-refractivity contribution is 5.21. The molecule has 1 rings (SSSR count). The summed E-state index contributed by atoms with van der Waals surface area (Å²) in [7, 11) is 4.24. The van der Waals surface area contributed by atoms with E-state index in [4.69, 9.17) is 0 Å². The zero-order chi connectivity index (χ0) is 14.1. The first-order chi connectivity index (χ1) is 8.13. The van der Waals surface area contributed by atoms with Crippen molar-refractivity contribution in [2.75, 3.05) is 14.1 Å². The molecule has 104 valence electrons. The van der Waals surface area contributed by atoms with Crippen LogP contribution >= 0.6 is 0 Å². The minimum absolute atomic E-state index is 0.205. The molecule has 0 fully saturated rings. The zero-order valence-corrected chi connectivity index (χ0v) is 13.4. The van der Waals surface area contributed by atoms with Crippen molar-refractivity contribution in [3.63, 3.8) is 0 Å². The van der Waals surface area contributed by atoms with Gasteiger partial charge in [0.25, 0.3) is 0 Å². The molecule has 0 aromatic rings. The predicted octanol–water partition coefficient (Wildman–Crippen LogP) is 4.72. The summed E-state index contributed by atoms with van der Waals surface area (Å²) >= 11 is 0. The molecule has 0 aromatic carbocycles. The van der Waals surface area contributed by atoms with Crippen LogP contribution in [0.3, 0.4) is 0 Å². The average molecular weight is 249 g/mol. The first-order valence-corrected chi connectivity index (χ1v) is 7.20. The second-order valence-electron chi connectivity index (χ2n) is 7.23. The van der Waals surface area contributed by atoms with Crippen LogP contribution < -0.4 is 0 Å². The maximum absolute atomic E-state index is 4.36. The Bertz CT molecular complexity index is 334. The molecule has 0 N–H and O–H groups in total. The summed E-state index contributed by atoms with van der Waals surface area (Å²) in [5, 5.41) is 0. The van der Waals surface area contributed by atoms with Gasteiger partial charge in [-0.1, -0.05) is 59.8 Å². The highest BCUT2D eigenvalue weighted by Crippen LogP contribution is 2.52. The average Bonchev–Trinajstić information content (AvgIpc) is 2.24. The van der Waals surface area contributed by atoms with E-state index in [1.165, 1.54) is 18.5 Å². The highest BCUT2D eigenvalue weighted by Gasteiger charge is 2.45. The van der Waals surface area contributed by atoms with Crippen LogP contribution in [0.5, 0.6) is 0 Å².